The SMILES string of the molecule is CCN(C(=O)c1cccn1CC)C1COCC1C(=O)O. The van der Waals surface area contributed by atoms with Gasteiger partial charge in [-0.05, 0) is 26.0 Å². The van der Waals surface area contributed by atoms with Gasteiger partial charge in [0.15, 0.2) is 0 Å². The van der Waals surface area contributed by atoms with E-state index in [-0.39, 0.29) is 19.1 Å². The van der Waals surface area contributed by atoms with Crippen LogP contribution in [-0.2, 0) is 16.1 Å². The second-order valence-electron chi connectivity index (χ2n) is 4.82. The van der Waals surface area contributed by atoms with E-state index < -0.39 is 17.9 Å². The number of carbonyl (C=O) groups excluding carboxylic acids is 1. The predicted octanol–water partition coefficient (Wildman–Crippen LogP) is 1.07. The molecule has 6 nitrogen and oxygen atoms in total. The maximum atomic E-state index is 12.6. The van der Waals surface area contributed by atoms with Crippen LogP contribution in [-0.4, -0.2) is 52.3 Å². The molecule has 6 heteroatoms. The standard InChI is InChI=1S/C14H20N2O4/c1-3-15-7-5-6-11(15)13(17)16(4-2)12-9-20-8-10(12)14(18)19/h5-7,10,12H,3-4,8-9H2,1-2H3,(H,18,19). The van der Waals surface area contributed by atoms with Crippen molar-refractivity contribution in [3.05, 3.63) is 24.0 Å². The van der Waals surface area contributed by atoms with Crippen molar-refractivity contribution in [2.45, 2.75) is 26.4 Å². The lowest BCUT2D eigenvalue weighted by molar-refractivity contribution is -0.142. The van der Waals surface area contributed by atoms with E-state index in [1.807, 2.05) is 30.7 Å². The van der Waals surface area contributed by atoms with Crippen molar-refractivity contribution in [2.75, 3.05) is 19.8 Å². The molecule has 20 heavy (non-hydrogen) atoms. The molecular weight excluding hydrogens is 260 g/mol. The summed E-state index contributed by atoms with van der Waals surface area (Å²) in [6, 6.07) is 3.19. The second-order valence-corrected chi connectivity index (χ2v) is 4.82. The maximum Gasteiger partial charge on any atom is 0.311 e. The zero-order valence-electron chi connectivity index (χ0n) is 11.8. The Hall–Kier alpha value is -1.82. The largest absolute Gasteiger partial charge is 0.481 e. The number of hydrogen-bond donors (Lipinski definition) is 1. The Bertz CT molecular complexity index is 497. The van der Waals surface area contributed by atoms with Gasteiger partial charge in [-0.15, -0.1) is 0 Å². The first-order chi connectivity index (χ1) is 9.60. The van der Waals surface area contributed by atoms with Gasteiger partial charge in [-0.1, -0.05) is 0 Å². The lowest BCUT2D eigenvalue weighted by Gasteiger charge is -2.29. The molecule has 0 spiro atoms. The van der Waals surface area contributed by atoms with Crippen LogP contribution in [0.15, 0.2) is 18.3 Å². The minimum atomic E-state index is -0.912. The fraction of sp³-hybridized carbons (Fsp3) is 0.571. The van der Waals surface area contributed by atoms with E-state index in [0.29, 0.717) is 18.8 Å². The maximum absolute atomic E-state index is 12.6. The van der Waals surface area contributed by atoms with Crippen molar-refractivity contribution in [1.29, 1.82) is 0 Å². The molecule has 1 saturated heterocycles. The summed E-state index contributed by atoms with van der Waals surface area (Å²) in [4.78, 5) is 25.5. The van der Waals surface area contributed by atoms with Gasteiger partial charge in [0.2, 0.25) is 0 Å². The monoisotopic (exact) mass is 280 g/mol. The molecule has 1 aromatic heterocycles. The molecule has 2 unspecified atom stereocenters. The van der Waals surface area contributed by atoms with Crippen LogP contribution < -0.4 is 0 Å². The zero-order valence-corrected chi connectivity index (χ0v) is 11.8. The number of ether oxygens (including phenoxy) is 1. The average molecular weight is 280 g/mol. The van der Waals surface area contributed by atoms with Crippen molar-refractivity contribution in [3.8, 4) is 0 Å². The Morgan fingerprint density at radius 2 is 2.20 bits per heavy atom. The van der Waals surface area contributed by atoms with Gasteiger partial charge >= 0.3 is 5.97 Å². The summed E-state index contributed by atoms with van der Waals surface area (Å²) in [5.74, 6) is -1.70. The highest BCUT2D eigenvalue weighted by Gasteiger charge is 2.40. The van der Waals surface area contributed by atoms with E-state index >= 15 is 0 Å². The van der Waals surface area contributed by atoms with E-state index in [2.05, 4.69) is 0 Å². The molecule has 1 fully saturated rings. The number of nitrogens with zero attached hydrogens (tertiary/aromatic N) is 2. The summed E-state index contributed by atoms with van der Waals surface area (Å²) >= 11 is 0. The van der Waals surface area contributed by atoms with Gasteiger partial charge in [0.1, 0.15) is 11.6 Å². The number of carboxylic acids is 1. The van der Waals surface area contributed by atoms with Gasteiger partial charge in [0.25, 0.3) is 5.91 Å². The van der Waals surface area contributed by atoms with Crippen LogP contribution >= 0.6 is 0 Å². The summed E-state index contributed by atoms with van der Waals surface area (Å²) in [6.45, 7) is 5.43. The Balaban J connectivity index is 2.24. The first kappa shape index (κ1) is 14.6. The fourth-order valence-electron chi connectivity index (χ4n) is 2.65. The van der Waals surface area contributed by atoms with Gasteiger partial charge in [-0.3, -0.25) is 9.59 Å². The molecular formula is C14H20N2O4. The van der Waals surface area contributed by atoms with Gasteiger partial charge in [0.05, 0.1) is 19.3 Å². The van der Waals surface area contributed by atoms with Gasteiger partial charge < -0.3 is 19.3 Å². The van der Waals surface area contributed by atoms with Crippen LogP contribution in [0, 0.1) is 5.92 Å². The summed E-state index contributed by atoms with van der Waals surface area (Å²) < 4.78 is 7.11. The second kappa shape index (κ2) is 6.09. The Morgan fingerprint density at radius 3 is 2.80 bits per heavy atom. The van der Waals surface area contributed by atoms with Crippen LogP contribution in [0.2, 0.25) is 0 Å². The minimum absolute atomic E-state index is 0.138. The number of hydrogen-bond acceptors (Lipinski definition) is 3. The lowest BCUT2D eigenvalue weighted by atomic mass is 10.0. The van der Waals surface area contributed by atoms with Crippen molar-refractivity contribution >= 4 is 11.9 Å². The van der Waals surface area contributed by atoms with E-state index in [4.69, 9.17) is 4.74 Å². The third-order valence-corrected chi connectivity index (χ3v) is 3.76. The molecule has 2 atom stereocenters. The fourth-order valence-corrected chi connectivity index (χ4v) is 2.65. The van der Waals surface area contributed by atoms with E-state index in [0.717, 1.165) is 0 Å². The molecule has 0 radical (unpaired) electrons. The van der Waals surface area contributed by atoms with Crippen molar-refractivity contribution in [3.63, 3.8) is 0 Å². The van der Waals surface area contributed by atoms with Crippen molar-refractivity contribution in [1.82, 2.24) is 9.47 Å². The van der Waals surface area contributed by atoms with Gasteiger partial charge in [0, 0.05) is 19.3 Å². The number of rotatable bonds is 5. The van der Waals surface area contributed by atoms with Crippen LogP contribution in [0.1, 0.15) is 24.3 Å². The topological polar surface area (TPSA) is 71.8 Å². The lowest BCUT2D eigenvalue weighted by Crippen LogP contribution is -2.46. The first-order valence-electron chi connectivity index (χ1n) is 6.86. The third kappa shape index (κ3) is 2.56. The zero-order chi connectivity index (χ0) is 14.7. The van der Waals surface area contributed by atoms with Crippen LogP contribution in [0.5, 0.6) is 0 Å². The molecule has 1 amide bonds. The first-order valence-corrected chi connectivity index (χ1v) is 6.86. The summed E-state index contributed by atoms with van der Waals surface area (Å²) in [6.07, 6.45) is 1.85. The molecule has 1 aliphatic heterocycles. The minimum Gasteiger partial charge on any atom is -0.481 e. The normalized spacial score (nSPS) is 21.9. The number of carboxylic acid groups (broad SMARTS) is 1. The van der Waals surface area contributed by atoms with Crippen LogP contribution in [0.25, 0.3) is 0 Å². The number of amides is 1. The smallest absolute Gasteiger partial charge is 0.311 e. The molecule has 2 rings (SSSR count). The molecule has 0 aliphatic carbocycles. The highest BCUT2D eigenvalue weighted by Crippen LogP contribution is 2.22. The van der Waals surface area contributed by atoms with Crippen LogP contribution in [0.3, 0.4) is 0 Å². The number of carbonyl (C=O) groups is 2. The molecule has 1 N–H and O–H groups in total. The number of aryl methyl sites for hydroxylation is 1. The number of aliphatic carboxylic acids is 1. The van der Waals surface area contributed by atoms with E-state index in [1.165, 1.54) is 0 Å². The van der Waals surface area contributed by atoms with E-state index in [1.54, 1.807) is 11.0 Å². The van der Waals surface area contributed by atoms with Gasteiger partial charge in [-0.2, -0.15) is 0 Å². The van der Waals surface area contributed by atoms with Crippen molar-refractivity contribution in [2.24, 2.45) is 5.92 Å². The van der Waals surface area contributed by atoms with Crippen molar-refractivity contribution < 1.29 is 19.4 Å². The van der Waals surface area contributed by atoms with E-state index in [9.17, 15) is 14.7 Å². The Morgan fingerprint density at radius 1 is 1.45 bits per heavy atom. The quantitative estimate of drug-likeness (QED) is 0.875. The Labute approximate surface area is 117 Å². The molecule has 0 aromatic carbocycles. The highest BCUT2D eigenvalue weighted by molar-refractivity contribution is 5.93. The predicted molar refractivity (Wildman–Crippen MR) is 72.5 cm³/mol. The highest BCUT2D eigenvalue weighted by atomic mass is 16.5. The summed E-state index contributed by atoms with van der Waals surface area (Å²) in [5, 5.41) is 9.22. The molecule has 2 heterocycles. The molecule has 110 valence electrons. The van der Waals surface area contributed by atoms with Crippen LogP contribution in [0.4, 0.5) is 0 Å². The summed E-state index contributed by atoms with van der Waals surface area (Å²) in [5.41, 5.74) is 0.588. The molecule has 0 saturated carbocycles. The average Bonchev–Trinajstić information content (AvgIpc) is 3.07. The molecule has 1 aromatic rings. The summed E-state index contributed by atoms with van der Waals surface area (Å²) in [7, 11) is 0. The molecule has 0 bridgehead atoms. The van der Waals surface area contributed by atoms with Gasteiger partial charge in [-0.25, -0.2) is 0 Å². The third-order valence-electron chi connectivity index (χ3n) is 3.76. The molecule has 1 aliphatic rings. The number of likely N-dealkylation sites (N-methyl/N-ethyl adjacent to an activating group) is 1. The number of aromatic nitrogens is 1. The Kier molecular flexibility index (Phi) is 4.44.